The number of anilines is 1. The Hall–Kier alpha value is -3.03. The van der Waals surface area contributed by atoms with Crippen LogP contribution in [0.3, 0.4) is 0 Å². The molecule has 0 saturated carbocycles. The third kappa shape index (κ3) is 6.29. The van der Waals surface area contributed by atoms with E-state index in [9.17, 15) is 9.59 Å². The van der Waals surface area contributed by atoms with Gasteiger partial charge in [-0.2, -0.15) is 5.10 Å². The zero-order valence-corrected chi connectivity index (χ0v) is 16.8. The predicted molar refractivity (Wildman–Crippen MR) is 105 cm³/mol. The summed E-state index contributed by atoms with van der Waals surface area (Å²) < 4.78 is 17.6. The second kappa shape index (κ2) is 10.3. The summed E-state index contributed by atoms with van der Waals surface area (Å²) in [6.07, 6.45) is 0.670. The highest BCUT2D eigenvalue weighted by atomic mass is 16.5. The van der Waals surface area contributed by atoms with Gasteiger partial charge in [0.15, 0.2) is 6.61 Å². The number of aryl methyl sites for hydroxylation is 2. The van der Waals surface area contributed by atoms with Crippen molar-refractivity contribution in [1.29, 1.82) is 0 Å². The Balaban J connectivity index is 1.63. The third-order valence-corrected chi connectivity index (χ3v) is 4.07. The number of nitrogens with one attached hydrogen (secondary N) is 1. The summed E-state index contributed by atoms with van der Waals surface area (Å²) in [4.78, 5) is 23.7. The standard InChI is InChI=1S/C20H27N3O5/c1-5-26-16-8-10-17(11-9-16)27-12-6-7-19(25)28-13-18(24)21-20-14(2)22-23(4)15(20)3/h8-11H,5-7,12-13H2,1-4H3,(H,21,24). The molecule has 28 heavy (non-hydrogen) atoms. The highest BCUT2D eigenvalue weighted by Gasteiger charge is 2.14. The number of ether oxygens (including phenoxy) is 3. The maximum atomic E-state index is 12.0. The number of rotatable bonds is 10. The van der Waals surface area contributed by atoms with Crippen LogP contribution in [0.25, 0.3) is 0 Å². The van der Waals surface area contributed by atoms with Crippen LogP contribution in [-0.2, 0) is 21.4 Å². The van der Waals surface area contributed by atoms with Crippen LogP contribution in [0.1, 0.15) is 31.2 Å². The highest BCUT2D eigenvalue weighted by Crippen LogP contribution is 2.18. The number of nitrogens with zero attached hydrogens (tertiary/aromatic N) is 2. The van der Waals surface area contributed by atoms with Crippen molar-refractivity contribution in [2.75, 3.05) is 25.1 Å². The Kier molecular flexibility index (Phi) is 7.86. The lowest BCUT2D eigenvalue weighted by atomic mass is 10.3. The molecule has 0 fully saturated rings. The van der Waals surface area contributed by atoms with Gasteiger partial charge in [0.25, 0.3) is 5.91 Å². The average Bonchev–Trinajstić information content (AvgIpc) is 2.91. The quantitative estimate of drug-likeness (QED) is 0.496. The molecule has 0 bridgehead atoms. The van der Waals surface area contributed by atoms with Crippen LogP contribution in [0.4, 0.5) is 5.69 Å². The molecule has 8 heteroatoms. The van der Waals surface area contributed by atoms with Crippen molar-refractivity contribution >= 4 is 17.6 Å². The number of hydrogen-bond donors (Lipinski definition) is 1. The number of carbonyl (C=O) groups excluding carboxylic acids is 2. The van der Waals surface area contributed by atoms with Crippen LogP contribution in [-0.4, -0.2) is 41.5 Å². The largest absolute Gasteiger partial charge is 0.494 e. The van der Waals surface area contributed by atoms with E-state index < -0.39 is 11.9 Å². The van der Waals surface area contributed by atoms with Crippen molar-refractivity contribution in [2.24, 2.45) is 7.05 Å². The topological polar surface area (TPSA) is 91.7 Å². The molecule has 1 aromatic heterocycles. The van der Waals surface area contributed by atoms with Gasteiger partial charge in [-0.15, -0.1) is 0 Å². The zero-order valence-electron chi connectivity index (χ0n) is 16.8. The summed E-state index contributed by atoms with van der Waals surface area (Å²) in [6, 6.07) is 7.29. The molecule has 1 heterocycles. The summed E-state index contributed by atoms with van der Waals surface area (Å²) in [5.74, 6) is 0.662. The molecule has 8 nitrogen and oxygen atoms in total. The van der Waals surface area contributed by atoms with E-state index in [1.807, 2.05) is 38.1 Å². The number of hydrogen-bond acceptors (Lipinski definition) is 6. The van der Waals surface area contributed by atoms with E-state index >= 15 is 0 Å². The fourth-order valence-corrected chi connectivity index (χ4v) is 2.55. The molecule has 0 spiro atoms. The Morgan fingerprint density at radius 3 is 2.32 bits per heavy atom. The second-order valence-electron chi connectivity index (χ2n) is 6.23. The lowest BCUT2D eigenvalue weighted by molar-refractivity contribution is -0.147. The van der Waals surface area contributed by atoms with Gasteiger partial charge in [0.1, 0.15) is 11.5 Å². The molecule has 0 radical (unpaired) electrons. The molecule has 0 aliphatic rings. The second-order valence-corrected chi connectivity index (χ2v) is 6.23. The van der Waals surface area contributed by atoms with Crippen molar-refractivity contribution in [1.82, 2.24) is 9.78 Å². The number of esters is 1. The number of benzene rings is 1. The lowest BCUT2D eigenvalue weighted by Crippen LogP contribution is -2.21. The molecule has 0 saturated heterocycles. The van der Waals surface area contributed by atoms with Gasteiger partial charge in [-0.3, -0.25) is 14.3 Å². The minimum Gasteiger partial charge on any atom is -0.494 e. The van der Waals surface area contributed by atoms with Gasteiger partial charge in [-0.25, -0.2) is 0 Å². The molecule has 1 aromatic carbocycles. The van der Waals surface area contributed by atoms with E-state index in [0.29, 0.717) is 36.8 Å². The third-order valence-electron chi connectivity index (χ3n) is 4.07. The molecular weight excluding hydrogens is 362 g/mol. The van der Waals surface area contributed by atoms with Crippen molar-refractivity contribution in [3.8, 4) is 11.5 Å². The van der Waals surface area contributed by atoms with Crippen molar-refractivity contribution < 1.29 is 23.8 Å². The Labute approximate surface area is 164 Å². The minimum absolute atomic E-state index is 0.176. The van der Waals surface area contributed by atoms with Gasteiger partial charge in [0, 0.05) is 13.5 Å². The van der Waals surface area contributed by atoms with Crippen molar-refractivity contribution in [3.05, 3.63) is 35.7 Å². The smallest absolute Gasteiger partial charge is 0.306 e. The molecule has 0 aliphatic heterocycles. The van der Waals surface area contributed by atoms with Crippen molar-refractivity contribution in [3.63, 3.8) is 0 Å². The van der Waals surface area contributed by atoms with E-state index in [0.717, 1.165) is 11.4 Å². The molecule has 0 unspecified atom stereocenters. The van der Waals surface area contributed by atoms with E-state index in [4.69, 9.17) is 14.2 Å². The highest BCUT2D eigenvalue weighted by molar-refractivity contribution is 5.93. The monoisotopic (exact) mass is 389 g/mol. The number of aromatic nitrogens is 2. The predicted octanol–water partition coefficient (Wildman–Crippen LogP) is 2.78. The molecule has 2 rings (SSSR count). The van der Waals surface area contributed by atoms with Crippen LogP contribution in [0.15, 0.2) is 24.3 Å². The molecular formula is C20H27N3O5. The summed E-state index contributed by atoms with van der Waals surface area (Å²) in [7, 11) is 1.80. The first kappa shape index (κ1) is 21.3. The zero-order chi connectivity index (χ0) is 20.5. The van der Waals surface area contributed by atoms with Crippen LogP contribution in [0.2, 0.25) is 0 Å². The van der Waals surface area contributed by atoms with Gasteiger partial charge in [-0.05, 0) is 51.5 Å². The van der Waals surface area contributed by atoms with E-state index in [1.165, 1.54) is 0 Å². The molecule has 2 aromatic rings. The number of amides is 1. The first-order valence-electron chi connectivity index (χ1n) is 9.22. The number of carbonyl (C=O) groups is 2. The minimum atomic E-state index is -0.440. The Morgan fingerprint density at radius 1 is 1.11 bits per heavy atom. The van der Waals surface area contributed by atoms with Gasteiger partial charge >= 0.3 is 5.97 Å². The normalized spacial score (nSPS) is 10.4. The molecule has 1 amide bonds. The summed E-state index contributed by atoms with van der Waals surface area (Å²) in [5.41, 5.74) is 2.20. The van der Waals surface area contributed by atoms with Crippen LogP contribution in [0.5, 0.6) is 11.5 Å². The first-order valence-corrected chi connectivity index (χ1v) is 9.22. The molecule has 0 aliphatic carbocycles. The lowest BCUT2D eigenvalue weighted by Gasteiger charge is -2.08. The van der Waals surface area contributed by atoms with E-state index in [2.05, 4.69) is 10.4 Å². The van der Waals surface area contributed by atoms with Gasteiger partial charge in [-0.1, -0.05) is 0 Å². The Bertz CT molecular complexity index is 799. The maximum absolute atomic E-state index is 12.0. The van der Waals surface area contributed by atoms with Crippen molar-refractivity contribution in [2.45, 2.75) is 33.6 Å². The fraction of sp³-hybridized carbons (Fsp3) is 0.450. The molecule has 152 valence electrons. The van der Waals surface area contributed by atoms with Crippen LogP contribution < -0.4 is 14.8 Å². The van der Waals surface area contributed by atoms with Crippen LogP contribution in [0, 0.1) is 13.8 Å². The SMILES string of the molecule is CCOc1ccc(OCCCC(=O)OCC(=O)Nc2c(C)nn(C)c2C)cc1. The summed E-state index contributed by atoms with van der Waals surface area (Å²) in [5, 5.41) is 6.94. The molecule has 1 N–H and O–H groups in total. The van der Waals surface area contributed by atoms with Gasteiger partial charge < -0.3 is 19.5 Å². The maximum Gasteiger partial charge on any atom is 0.306 e. The summed E-state index contributed by atoms with van der Waals surface area (Å²) >= 11 is 0. The van der Waals surface area contributed by atoms with Gasteiger partial charge in [0.2, 0.25) is 0 Å². The average molecular weight is 389 g/mol. The fourth-order valence-electron chi connectivity index (χ4n) is 2.55. The Morgan fingerprint density at radius 2 is 1.75 bits per heavy atom. The first-order chi connectivity index (χ1) is 13.4. The van der Waals surface area contributed by atoms with E-state index in [-0.39, 0.29) is 13.0 Å². The molecule has 0 atom stereocenters. The van der Waals surface area contributed by atoms with E-state index in [1.54, 1.807) is 18.7 Å². The van der Waals surface area contributed by atoms with Gasteiger partial charge in [0.05, 0.1) is 30.3 Å². The van der Waals surface area contributed by atoms with Crippen LogP contribution >= 0.6 is 0 Å². The summed E-state index contributed by atoms with van der Waals surface area (Å²) in [6.45, 7) is 6.25.